The molecular weight excluding hydrogens is 284 g/mol. The van der Waals surface area contributed by atoms with Crippen LogP contribution >= 0.6 is 23.5 Å². The monoisotopic (exact) mass is 306 g/mol. The minimum absolute atomic E-state index is 0.186. The number of aliphatic hydroxyl groups is 1. The summed E-state index contributed by atoms with van der Waals surface area (Å²) < 4.78 is 17.9. The van der Waals surface area contributed by atoms with E-state index in [1.165, 1.54) is 17.9 Å². The molecule has 3 rings (SSSR count). The highest BCUT2D eigenvalue weighted by molar-refractivity contribution is 8.17. The first kappa shape index (κ1) is 14.5. The zero-order valence-electron chi connectivity index (χ0n) is 11.6. The Labute approximate surface area is 122 Å². The molecule has 0 amide bonds. The summed E-state index contributed by atoms with van der Waals surface area (Å²) in [7, 11) is 0. The van der Waals surface area contributed by atoms with Crippen LogP contribution in [0, 0.1) is 5.92 Å². The second-order valence-corrected chi connectivity index (χ2v) is 8.68. The molecule has 110 valence electrons. The van der Waals surface area contributed by atoms with Crippen LogP contribution in [-0.4, -0.2) is 51.6 Å². The van der Waals surface area contributed by atoms with Gasteiger partial charge in [-0.2, -0.15) is 0 Å². The van der Waals surface area contributed by atoms with Gasteiger partial charge < -0.3 is 19.3 Å². The van der Waals surface area contributed by atoms with Gasteiger partial charge in [-0.3, -0.25) is 0 Å². The van der Waals surface area contributed by atoms with Crippen LogP contribution in [0.1, 0.15) is 27.2 Å². The van der Waals surface area contributed by atoms with E-state index in [1.807, 2.05) is 37.4 Å². The Balaban J connectivity index is 1.64. The molecule has 0 aromatic carbocycles. The summed E-state index contributed by atoms with van der Waals surface area (Å²) in [6.07, 6.45) is -0.269. The summed E-state index contributed by atoms with van der Waals surface area (Å²) in [6, 6.07) is 0. The van der Waals surface area contributed by atoms with Gasteiger partial charge in [0.25, 0.3) is 0 Å². The summed E-state index contributed by atoms with van der Waals surface area (Å²) >= 11 is 3.96. The smallest absolute Gasteiger partial charge is 0.190 e. The standard InChI is InChI=1S/C13H22O4S2/c1-7(12-18-5-4-6-19-12)9-8(14)10-11(15-9)17-13(2,3)16-10/h7-12,14H,4-6H2,1-3H3/t7-,8-,9+,10+,11+/m0/s1. The van der Waals surface area contributed by atoms with Gasteiger partial charge in [-0.1, -0.05) is 6.92 Å². The van der Waals surface area contributed by atoms with Gasteiger partial charge in [0.15, 0.2) is 12.1 Å². The van der Waals surface area contributed by atoms with Gasteiger partial charge in [0.05, 0.1) is 10.7 Å². The molecule has 0 aromatic heterocycles. The third kappa shape index (κ3) is 2.80. The third-order valence-electron chi connectivity index (χ3n) is 3.85. The summed E-state index contributed by atoms with van der Waals surface area (Å²) in [4.78, 5) is 0. The summed E-state index contributed by atoms with van der Waals surface area (Å²) in [5, 5.41) is 10.4. The maximum absolute atomic E-state index is 10.4. The molecule has 0 unspecified atom stereocenters. The highest BCUT2D eigenvalue weighted by Crippen LogP contribution is 2.44. The van der Waals surface area contributed by atoms with Crippen LogP contribution in [0.3, 0.4) is 0 Å². The molecule has 3 heterocycles. The molecule has 3 aliphatic rings. The molecule has 0 radical (unpaired) electrons. The maximum atomic E-state index is 10.4. The van der Waals surface area contributed by atoms with Gasteiger partial charge in [0.1, 0.15) is 12.2 Å². The van der Waals surface area contributed by atoms with Crippen LogP contribution < -0.4 is 0 Å². The molecule has 0 bridgehead atoms. The SMILES string of the molecule is C[C@H](C1SCCCS1)[C@H]1O[C@@H]2OC(C)(C)O[C@@H]2[C@H]1O. The lowest BCUT2D eigenvalue weighted by atomic mass is 10.00. The first-order chi connectivity index (χ1) is 8.98. The molecule has 0 saturated carbocycles. The predicted octanol–water partition coefficient (Wildman–Crippen LogP) is 2.06. The zero-order valence-corrected chi connectivity index (χ0v) is 13.2. The van der Waals surface area contributed by atoms with Gasteiger partial charge in [-0.05, 0) is 31.8 Å². The lowest BCUT2D eigenvalue weighted by Gasteiger charge is -2.32. The second kappa shape index (κ2) is 5.39. The van der Waals surface area contributed by atoms with E-state index in [9.17, 15) is 5.11 Å². The number of ether oxygens (including phenoxy) is 3. The molecular formula is C13H22O4S2. The first-order valence-corrected chi connectivity index (χ1v) is 9.00. The van der Waals surface area contributed by atoms with Crippen LogP contribution in [0.2, 0.25) is 0 Å². The molecule has 0 aromatic rings. The van der Waals surface area contributed by atoms with Crippen LogP contribution in [0.15, 0.2) is 0 Å². The molecule has 5 atom stereocenters. The van der Waals surface area contributed by atoms with Gasteiger partial charge in [-0.15, -0.1) is 23.5 Å². The van der Waals surface area contributed by atoms with Crippen molar-refractivity contribution in [2.75, 3.05) is 11.5 Å². The topological polar surface area (TPSA) is 47.9 Å². The van der Waals surface area contributed by atoms with Crippen molar-refractivity contribution in [2.45, 2.75) is 62.2 Å². The minimum Gasteiger partial charge on any atom is -0.387 e. The van der Waals surface area contributed by atoms with Gasteiger partial charge in [-0.25, -0.2) is 0 Å². The molecule has 6 heteroatoms. The van der Waals surface area contributed by atoms with E-state index >= 15 is 0 Å². The van der Waals surface area contributed by atoms with Crippen molar-refractivity contribution in [1.82, 2.24) is 0 Å². The number of fused-ring (bicyclic) bond motifs is 1. The number of aliphatic hydroxyl groups excluding tert-OH is 1. The van der Waals surface area contributed by atoms with Crippen molar-refractivity contribution in [3.63, 3.8) is 0 Å². The average molecular weight is 306 g/mol. The molecule has 1 N–H and O–H groups in total. The molecule has 3 fully saturated rings. The molecule has 0 aliphatic carbocycles. The van der Waals surface area contributed by atoms with Crippen molar-refractivity contribution >= 4 is 23.5 Å². The van der Waals surface area contributed by atoms with Crippen molar-refractivity contribution in [1.29, 1.82) is 0 Å². The quantitative estimate of drug-likeness (QED) is 0.842. The van der Waals surface area contributed by atoms with Crippen LogP contribution in [0.25, 0.3) is 0 Å². The minimum atomic E-state index is -0.654. The fourth-order valence-corrected chi connectivity index (χ4v) is 6.06. The van der Waals surface area contributed by atoms with Crippen molar-refractivity contribution in [3.05, 3.63) is 0 Å². The van der Waals surface area contributed by atoms with Crippen LogP contribution in [0.5, 0.6) is 0 Å². The number of rotatable bonds is 2. The van der Waals surface area contributed by atoms with E-state index < -0.39 is 18.2 Å². The van der Waals surface area contributed by atoms with E-state index in [-0.39, 0.29) is 12.2 Å². The van der Waals surface area contributed by atoms with E-state index in [0.29, 0.717) is 10.5 Å². The van der Waals surface area contributed by atoms with E-state index in [1.54, 1.807) is 0 Å². The lowest BCUT2D eigenvalue weighted by molar-refractivity contribution is -0.219. The Morgan fingerprint density at radius 1 is 1.21 bits per heavy atom. The molecule has 19 heavy (non-hydrogen) atoms. The van der Waals surface area contributed by atoms with Gasteiger partial charge >= 0.3 is 0 Å². The Morgan fingerprint density at radius 2 is 1.89 bits per heavy atom. The Hall–Kier alpha value is 0.540. The summed E-state index contributed by atoms with van der Waals surface area (Å²) in [5.41, 5.74) is 0. The molecule has 0 spiro atoms. The van der Waals surface area contributed by atoms with Crippen LogP contribution in [-0.2, 0) is 14.2 Å². The highest BCUT2D eigenvalue weighted by atomic mass is 32.2. The number of hydrogen-bond acceptors (Lipinski definition) is 6. The fourth-order valence-electron chi connectivity index (χ4n) is 2.92. The molecule has 3 aliphatic heterocycles. The van der Waals surface area contributed by atoms with Gasteiger partial charge in [0, 0.05) is 5.92 Å². The van der Waals surface area contributed by atoms with Crippen molar-refractivity contribution in [3.8, 4) is 0 Å². The summed E-state index contributed by atoms with van der Waals surface area (Å²) in [6.45, 7) is 5.87. The zero-order chi connectivity index (χ0) is 13.6. The largest absolute Gasteiger partial charge is 0.387 e. The lowest BCUT2D eigenvalue weighted by Crippen LogP contribution is -2.40. The Kier molecular flexibility index (Phi) is 4.10. The third-order valence-corrected chi connectivity index (χ3v) is 7.23. The van der Waals surface area contributed by atoms with E-state index in [0.717, 1.165) is 0 Å². The Morgan fingerprint density at radius 3 is 2.53 bits per heavy atom. The normalized spacial score (nSPS) is 44.2. The van der Waals surface area contributed by atoms with Crippen molar-refractivity contribution in [2.24, 2.45) is 5.92 Å². The molecule has 4 nitrogen and oxygen atoms in total. The predicted molar refractivity (Wildman–Crippen MR) is 77.2 cm³/mol. The average Bonchev–Trinajstić information content (AvgIpc) is 2.84. The van der Waals surface area contributed by atoms with Crippen molar-refractivity contribution < 1.29 is 19.3 Å². The summed E-state index contributed by atoms with van der Waals surface area (Å²) in [5.74, 6) is 2.06. The van der Waals surface area contributed by atoms with E-state index in [2.05, 4.69) is 6.92 Å². The van der Waals surface area contributed by atoms with Gasteiger partial charge in [0.2, 0.25) is 0 Å². The second-order valence-electron chi connectivity index (χ2n) is 5.88. The first-order valence-electron chi connectivity index (χ1n) is 6.90. The number of thioether (sulfide) groups is 2. The highest BCUT2D eigenvalue weighted by Gasteiger charge is 2.56. The molecule has 3 saturated heterocycles. The fraction of sp³-hybridized carbons (Fsp3) is 1.00. The Bertz CT molecular complexity index is 333. The van der Waals surface area contributed by atoms with Crippen LogP contribution in [0.4, 0.5) is 0 Å². The van der Waals surface area contributed by atoms with E-state index in [4.69, 9.17) is 14.2 Å². The maximum Gasteiger partial charge on any atom is 0.190 e. The number of hydrogen-bond donors (Lipinski definition) is 1.